The lowest BCUT2D eigenvalue weighted by Gasteiger charge is -2.16. The summed E-state index contributed by atoms with van der Waals surface area (Å²) in [6, 6.07) is 14.1. The summed E-state index contributed by atoms with van der Waals surface area (Å²) < 4.78 is 27.5. The van der Waals surface area contributed by atoms with Gasteiger partial charge < -0.3 is 4.90 Å². The maximum absolute atomic E-state index is 12.5. The molecule has 0 radical (unpaired) electrons. The van der Waals surface area contributed by atoms with Crippen LogP contribution in [0.4, 0.5) is 5.69 Å². The molecule has 0 bridgehead atoms. The van der Waals surface area contributed by atoms with Crippen LogP contribution in [0.1, 0.15) is 34.3 Å². The first-order valence-corrected chi connectivity index (χ1v) is 10.0. The molecule has 0 spiro atoms. The second kappa shape index (κ2) is 7.27. The minimum Gasteiger partial charge on any atom is -0.339 e. The summed E-state index contributed by atoms with van der Waals surface area (Å²) in [4.78, 5) is 14.3. The maximum Gasteiger partial charge on any atom is 0.253 e. The molecule has 1 aliphatic heterocycles. The molecule has 1 fully saturated rings. The Bertz CT molecular complexity index is 872. The van der Waals surface area contributed by atoms with Crippen molar-refractivity contribution in [3.05, 3.63) is 65.2 Å². The fraction of sp³-hybridized carbons (Fsp3) is 0.316. The SMILES string of the molecule is Cc1ccccc1CS(=O)(=O)Nc1cccc(C(=O)N2CCCC2)c1. The summed E-state index contributed by atoms with van der Waals surface area (Å²) >= 11 is 0. The molecule has 0 aliphatic carbocycles. The van der Waals surface area contributed by atoms with Crippen LogP contribution in [0.5, 0.6) is 0 Å². The normalized spacial score (nSPS) is 14.5. The van der Waals surface area contributed by atoms with Gasteiger partial charge in [0.15, 0.2) is 0 Å². The highest BCUT2D eigenvalue weighted by Crippen LogP contribution is 2.19. The monoisotopic (exact) mass is 358 g/mol. The summed E-state index contributed by atoms with van der Waals surface area (Å²) in [6.45, 7) is 3.42. The molecule has 3 rings (SSSR count). The van der Waals surface area contributed by atoms with Gasteiger partial charge in [0.1, 0.15) is 0 Å². The number of hydrogen-bond donors (Lipinski definition) is 1. The highest BCUT2D eigenvalue weighted by atomic mass is 32.2. The number of carbonyl (C=O) groups excluding carboxylic acids is 1. The number of nitrogens with one attached hydrogen (secondary N) is 1. The van der Waals surface area contributed by atoms with E-state index in [1.54, 1.807) is 29.2 Å². The lowest BCUT2D eigenvalue weighted by Crippen LogP contribution is -2.27. The van der Waals surface area contributed by atoms with Gasteiger partial charge in [0.2, 0.25) is 10.0 Å². The molecule has 1 N–H and O–H groups in total. The van der Waals surface area contributed by atoms with Crippen molar-refractivity contribution >= 4 is 21.6 Å². The van der Waals surface area contributed by atoms with Crippen molar-refractivity contribution in [2.24, 2.45) is 0 Å². The van der Waals surface area contributed by atoms with E-state index in [1.165, 1.54) is 0 Å². The van der Waals surface area contributed by atoms with Gasteiger partial charge in [-0.3, -0.25) is 9.52 Å². The molecular weight excluding hydrogens is 336 g/mol. The Morgan fingerprint density at radius 1 is 1.08 bits per heavy atom. The minimum atomic E-state index is -3.55. The molecule has 0 atom stereocenters. The number of likely N-dealkylation sites (tertiary alicyclic amines) is 1. The average Bonchev–Trinajstić information content (AvgIpc) is 3.10. The first-order valence-electron chi connectivity index (χ1n) is 8.39. The molecule has 2 aromatic rings. The number of aryl methyl sites for hydroxylation is 1. The van der Waals surface area contributed by atoms with E-state index in [0.717, 1.165) is 37.1 Å². The topological polar surface area (TPSA) is 66.5 Å². The predicted molar refractivity (Wildman–Crippen MR) is 99.0 cm³/mol. The Morgan fingerprint density at radius 3 is 2.52 bits per heavy atom. The highest BCUT2D eigenvalue weighted by Gasteiger charge is 2.20. The number of sulfonamides is 1. The Balaban J connectivity index is 1.75. The molecule has 1 heterocycles. The van der Waals surface area contributed by atoms with E-state index in [0.29, 0.717) is 11.3 Å². The number of amides is 1. The highest BCUT2D eigenvalue weighted by molar-refractivity contribution is 7.91. The van der Waals surface area contributed by atoms with Crippen LogP contribution in [0.25, 0.3) is 0 Å². The van der Waals surface area contributed by atoms with Crippen molar-refractivity contribution in [3.8, 4) is 0 Å². The van der Waals surface area contributed by atoms with Crippen molar-refractivity contribution in [3.63, 3.8) is 0 Å². The van der Waals surface area contributed by atoms with Crippen molar-refractivity contribution < 1.29 is 13.2 Å². The molecule has 5 nitrogen and oxygen atoms in total. The van der Waals surface area contributed by atoms with Gasteiger partial charge in [0, 0.05) is 24.3 Å². The van der Waals surface area contributed by atoms with Gasteiger partial charge >= 0.3 is 0 Å². The third kappa shape index (κ3) is 4.39. The van der Waals surface area contributed by atoms with E-state index in [9.17, 15) is 13.2 Å². The zero-order valence-corrected chi connectivity index (χ0v) is 15.1. The second-order valence-corrected chi connectivity index (χ2v) is 8.09. The maximum atomic E-state index is 12.5. The zero-order valence-electron chi connectivity index (χ0n) is 14.2. The van der Waals surface area contributed by atoms with Gasteiger partial charge in [0.05, 0.1) is 5.75 Å². The van der Waals surface area contributed by atoms with Crippen LogP contribution in [0, 0.1) is 6.92 Å². The molecule has 6 heteroatoms. The van der Waals surface area contributed by atoms with E-state index in [4.69, 9.17) is 0 Å². The Kier molecular flexibility index (Phi) is 5.08. The molecule has 1 amide bonds. The molecule has 25 heavy (non-hydrogen) atoms. The van der Waals surface area contributed by atoms with Crippen molar-refractivity contribution in [1.82, 2.24) is 4.90 Å². The molecular formula is C19H22N2O3S. The van der Waals surface area contributed by atoms with E-state index in [-0.39, 0.29) is 11.7 Å². The largest absolute Gasteiger partial charge is 0.339 e. The van der Waals surface area contributed by atoms with Crippen LogP contribution in [-0.2, 0) is 15.8 Å². The number of rotatable bonds is 5. The first kappa shape index (κ1) is 17.5. The Labute approximate surface area is 148 Å². The number of carbonyl (C=O) groups is 1. The van der Waals surface area contributed by atoms with Crippen LogP contribution in [0.3, 0.4) is 0 Å². The van der Waals surface area contributed by atoms with E-state index < -0.39 is 10.0 Å². The van der Waals surface area contributed by atoms with E-state index >= 15 is 0 Å². The van der Waals surface area contributed by atoms with Crippen molar-refractivity contribution in [1.29, 1.82) is 0 Å². The number of anilines is 1. The van der Waals surface area contributed by atoms with Gasteiger partial charge in [-0.25, -0.2) is 8.42 Å². The summed E-state index contributed by atoms with van der Waals surface area (Å²) in [5.41, 5.74) is 2.63. The van der Waals surface area contributed by atoms with E-state index in [2.05, 4.69) is 4.72 Å². The first-order chi connectivity index (χ1) is 11.9. The summed E-state index contributed by atoms with van der Waals surface area (Å²) in [7, 11) is -3.55. The Hall–Kier alpha value is -2.34. The molecule has 0 unspecified atom stereocenters. The fourth-order valence-electron chi connectivity index (χ4n) is 3.01. The van der Waals surface area contributed by atoms with E-state index in [1.807, 2.05) is 31.2 Å². The quantitative estimate of drug-likeness (QED) is 0.893. The van der Waals surface area contributed by atoms with Crippen LogP contribution in [0.2, 0.25) is 0 Å². The minimum absolute atomic E-state index is 0.0440. The summed E-state index contributed by atoms with van der Waals surface area (Å²) in [5, 5.41) is 0. The van der Waals surface area contributed by atoms with Gasteiger partial charge in [-0.15, -0.1) is 0 Å². The number of nitrogens with zero attached hydrogens (tertiary/aromatic N) is 1. The van der Waals surface area contributed by atoms with Crippen molar-refractivity contribution in [2.75, 3.05) is 17.8 Å². The molecule has 1 saturated heterocycles. The zero-order chi connectivity index (χ0) is 17.9. The molecule has 132 valence electrons. The van der Waals surface area contributed by atoms with Crippen LogP contribution in [0.15, 0.2) is 48.5 Å². The predicted octanol–water partition coefficient (Wildman–Crippen LogP) is 3.17. The third-order valence-electron chi connectivity index (χ3n) is 4.38. The lowest BCUT2D eigenvalue weighted by molar-refractivity contribution is 0.0793. The van der Waals surface area contributed by atoms with Gasteiger partial charge in [-0.2, -0.15) is 0 Å². The van der Waals surface area contributed by atoms with Crippen LogP contribution >= 0.6 is 0 Å². The fourth-order valence-corrected chi connectivity index (χ4v) is 4.30. The summed E-state index contributed by atoms with van der Waals surface area (Å²) in [6.07, 6.45) is 2.04. The Morgan fingerprint density at radius 2 is 1.80 bits per heavy atom. The van der Waals surface area contributed by atoms with Crippen LogP contribution < -0.4 is 4.72 Å². The summed E-state index contributed by atoms with van der Waals surface area (Å²) in [5.74, 6) is -0.137. The molecule has 0 aromatic heterocycles. The van der Waals surface area contributed by atoms with Crippen LogP contribution in [-0.4, -0.2) is 32.3 Å². The molecule has 1 aliphatic rings. The number of benzene rings is 2. The second-order valence-electron chi connectivity index (χ2n) is 6.37. The number of hydrogen-bond acceptors (Lipinski definition) is 3. The standard InChI is InChI=1S/C19H22N2O3S/c1-15-7-2-3-8-17(15)14-25(23,24)20-18-10-6-9-16(13-18)19(22)21-11-4-5-12-21/h2-3,6-10,13,20H,4-5,11-12,14H2,1H3. The average molecular weight is 358 g/mol. The smallest absolute Gasteiger partial charge is 0.253 e. The third-order valence-corrected chi connectivity index (χ3v) is 5.62. The van der Waals surface area contributed by atoms with Gasteiger partial charge in [-0.1, -0.05) is 30.3 Å². The molecule has 0 saturated carbocycles. The van der Waals surface area contributed by atoms with Gasteiger partial charge in [0.25, 0.3) is 5.91 Å². The van der Waals surface area contributed by atoms with Crippen molar-refractivity contribution in [2.45, 2.75) is 25.5 Å². The molecule has 2 aromatic carbocycles. The van der Waals surface area contributed by atoms with Gasteiger partial charge in [-0.05, 0) is 49.1 Å². The lowest BCUT2D eigenvalue weighted by atomic mass is 10.1.